The molecule has 1 amide bonds. The number of sulfonamides is 1. The van der Waals surface area contributed by atoms with Gasteiger partial charge in [-0.25, -0.2) is 13.4 Å². The Morgan fingerprint density at radius 3 is 2.58 bits per heavy atom. The molecule has 162 valence electrons. The second-order valence-corrected chi connectivity index (χ2v) is 9.63. The van der Waals surface area contributed by atoms with Crippen LogP contribution in [0.3, 0.4) is 0 Å². The highest BCUT2D eigenvalue weighted by Gasteiger charge is 2.28. The Morgan fingerprint density at radius 1 is 1.06 bits per heavy atom. The first-order valence-electron chi connectivity index (χ1n) is 9.94. The number of anilines is 1. The molecule has 2 aromatic carbocycles. The minimum Gasteiger partial charge on any atom is -0.497 e. The predicted molar refractivity (Wildman–Crippen MR) is 120 cm³/mol. The lowest BCUT2D eigenvalue weighted by atomic mass is 10.2. The van der Waals surface area contributed by atoms with Crippen molar-refractivity contribution in [1.82, 2.24) is 9.29 Å². The normalized spacial score (nSPS) is 15.0. The van der Waals surface area contributed by atoms with Gasteiger partial charge < -0.3 is 10.1 Å². The molecule has 1 aliphatic rings. The van der Waals surface area contributed by atoms with Crippen molar-refractivity contribution in [2.75, 3.05) is 25.5 Å². The third-order valence-electron chi connectivity index (χ3n) is 5.25. The monoisotopic (exact) mass is 459 g/mol. The van der Waals surface area contributed by atoms with Crippen molar-refractivity contribution in [3.63, 3.8) is 0 Å². The van der Waals surface area contributed by atoms with E-state index in [1.165, 1.54) is 16.4 Å². The fourth-order valence-electron chi connectivity index (χ4n) is 3.58. The molecule has 0 aliphatic carbocycles. The van der Waals surface area contributed by atoms with Crippen LogP contribution in [0.5, 0.6) is 5.75 Å². The van der Waals surface area contributed by atoms with Crippen molar-refractivity contribution in [3.05, 3.63) is 59.2 Å². The van der Waals surface area contributed by atoms with Gasteiger partial charge in [-0.15, -0.1) is 0 Å². The molecule has 0 unspecified atom stereocenters. The van der Waals surface area contributed by atoms with E-state index in [0.29, 0.717) is 30.0 Å². The molecule has 1 aromatic heterocycles. The van der Waals surface area contributed by atoms with E-state index in [-0.39, 0.29) is 15.6 Å². The van der Waals surface area contributed by atoms with E-state index in [1.807, 2.05) is 6.07 Å². The van der Waals surface area contributed by atoms with E-state index >= 15 is 0 Å². The van der Waals surface area contributed by atoms with Crippen molar-refractivity contribution in [2.45, 2.75) is 24.2 Å². The van der Waals surface area contributed by atoms with Gasteiger partial charge in [0.2, 0.25) is 10.0 Å². The van der Waals surface area contributed by atoms with Crippen molar-refractivity contribution in [1.29, 1.82) is 0 Å². The summed E-state index contributed by atoms with van der Waals surface area (Å²) < 4.78 is 32.7. The van der Waals surface area contributed by atoms with Gasteiger partial charge in [-0.2, -0.15) is 4.31 Å². The number of benzene rings is 2. The Balaban J connectivity index is 1.58. The van der Waals surface area contributed by atoms with Crippen LogP contribution in [0.1, 0.15) is 29.8 Å². The number of rotatable bonds is 5. The molecule has 0 radical (unpaired) electrons. The van der Waals surface area contributed by atoms with Gasteiger partial charge in [0.15, 0.2) is 0 Å². The molecule has 0 spiro atoms. The number of aromatic nitrogens is 1. The molecule has 0 bridgehead atoms. The van der Waals surface area contributed by atoms with Gasteiger partial charge in [-0.1, -0.05) is 24.1 Å². The van der Waals surface area contributed by atoms with Gasteiger partial charge in [0, 0.05) is 24.2 Å². The molecule has 9 heteroatoms. The molecular formula is C22H22ClN3O4S. The van der Waals surface area contributed by atoms with Gasteiger partial charge in [-0.05, 0) is 55.3 Å². The van der Waals surface area contributed by atoms with Crippen LogP contribution in [-0.4, -0.2) is 43.8 Å². The van der Waals surface area contributed by atoms with Gasteiger partial charge in [-0.3, -0.25) is 4.79 Å². The quantitative estimate of drug-likeness (QED) is 0.613. The Kier molecular flexibility index (Phi) is 6.13. The van der Waals surface area contributed by atoms with Crippen LogP contribution in [0.4, 0.5) is 5.69 Å². The third-order valence-corrected chi connectivity index (χ3v) is 7.63. The number of carbonyl (C=O) groups excluding carboxylic acids is 1. The molecule has 1 aliphatic heterocycles. The minimum absolute atomic E-state index is 0.00701. The van der Waals surface area contributed by atoms with E-state index in [2.05, 4.69) is 10.3 Å². The Morgan fingerprint density at radius 2 is 1.84 bits per heavy atom. The second kappa shape index (κ2) is 8.82. The SMILES string of the molecule is COc1ccc2nc(C(=O)Nc3ccc(Cl)c(S(=O)(=O)N4CCCCC4)c3)ccc2c1. The maximum atomic E-state index is 13.0. The summed E-state index contributed by atoms with van der Waals surface area (Å²) in [5.74, 6) is 0.261. The van der Waals surface area contributed by atoms with E-state index in [4.69, 9.17) is 16.3 Å². The van der Waals surface area contributed by atoms with E-state index in [9.17, 15) is 13.2 Å². The molecule has 2 heterocycles. The number of hydrogen-bond acceptors (Lipinski definition) is 5. The molecule has 4 rings (SSSR count). The Hall–Kier alpha value is -2.68. The van der Waals surface area contributed by atoms with Crippen LogP contribution in [0.2, 0.25) is 5.02 Å². The fraction of sp³-hybridized carbons (Fsp3) is 0.273. The summed E-state index contributed by atoms with van der Waals surface area (Å²) in [6.07, 6.45) is 2.67. The third kappa shape index (κ3) is 4.51. The van der Waals surface area contributed by atoms with Crippen LogP contribution in [0, 0.1) is 0 Å². The van der Waals surface area contributed by atoms with Gasteiger partial charge in [0.25, 0.3) is 5.91 Å². The maximum absolute atomic E-state index is 13.0. The number of methoxy groups -OCH3 is 1. The van der Waals surface area contributed by atoms with Crippen LogP contribution in [-0.2, 0) is 10.0 Å². The van der Waals surface area contributed by atoms with Crippen molar-refractivity contribution >= 4 is 44.1 Å². The average Bonchev–Trinajstić information content (AvgIpc) is 2.80. The van der Waals surface area contributed by atoms with Gasteiger partial charge >= 0.3 is 0 Å². The average molecular weight is 460 g/mol. The minimum atomic E-state index is -3.73. The van der Waals surface area contributed by atoms with Crippen LogP contribution >= 0.6 is 11.6 Å². The number of halogens is 1. The first-order chi connectivity index (χ1) is 14.9. The molecule has 1 fully saturated rings. The van der Waals surface area contributed by atoms with Crippen molar-refractivity contribution in [3.8, 4) is 5.75 Å². The molecule has 7 nitrogen and oxygen atoms in total. The number of nitrogens with zero attached hydrogens (tertiary/aromatic N) is 2. The highest BCUT2D eigenvalue weighted by Crippen LogP contribution is 2.29. The molecular weight excluding hydrogens is 438 g/mol. The smallest absolute Gasteiger partial charge is 0.274 e. The van der Waals surface area contributed by atoms with E-state index in [1.54, 1.807) is 37.4 Å². The van der Waals surface area contributed by atoms with Crippen molar-refractivity contribution in [2.24, 2.45) is 0 Å². The Bertz CT molecular complexity index is 1240. The topological polar surface area (TPSA) is 88.6 Å². The molecule has 31 heavy (non-hydrogen) atoms. The van der Waals surface area contributed by atoms with Crippen LogP contribution in [0.25, 0.3) is 10.9 Å². The zero-order valence-corrected chi connectivity index (χ0v) is 18.5. The largest absolute Gasteiger partial charge is 0.497 e. The summed E-state index contributed by atoms with van der Waals surface area (Å²) in [5.41, 5.74) is 1.20. The lowest BCUT2D eigenvalue weighted by Crippen LogP contribution is -2.35. The number of nitrogens with one attached hydrogen (secondary N) is 1. The Labute approximate surface area is 186 Å². The number of hydrogen-bond donors (Lipinski definition) is 1. The van der Waals surface area contributed by atoms with Crippen LogP contribution < -0.4 is 10.1 Å². The number of amides is 1. The first kappa shape index (κ1) is 21.5. The van der Waals surface area contributed by atoms with E-state index in [0.717, 1.165) is 24.6 Å². The molecule has 3 aromatic rings. The molecule has 1 saturated heterocycles. The maximum Gasteiger partial charge on any atom is 0.274 e. The molecule has 0 atom stereocenters. The standard InChI is InChI=1S/C22H22ClN3O4S/c1-30-17-7-10-19-15(13-17)5-9-20(25-19)22(27)24-16-6-8-18(23)21(14-16)31(28,29)26-11-3-2-4-12-26/h5-10,13-14H,2-4,11-12H2,1H3,(H,24,27). The zero-order valence-electron chi connectivity index (χ0n) is 17.0. The number of carbonyl (C=O) groups is 1. The first-order valence-corrected chi connectivity index (χ1v) is 11.8. The highest BCUT2D eigenvalue weighted by atomic mass is 35.5. The molecule has 1 N–H and O–H groups in total. The van der Waals surface area contributed by atoms with E-state index < -0.39 is 15.9 Å². The van der Waals surface area contributed by atoms with Crippen LogP contribution in [0.15, 0.2) is 53.4 Å². The molecule has 0 saturated carbocycles. The predicted octanol–water partition coefficient (Wildman–Crippen LogP) is 4.32. The van der Waals surface area contributed by atoms with Crippen molar-refractivity contribution < 1.29 is 17.9 Å². The highest BCUT2D eigenvalue weighted by molar-refractivity contribution is 7.89. The summed E-state index contributed by atoms with van der Waals surface area (Å²) in [6, 6.07) is 13.2. The number of piperidine rings is 1. The summed E-state index contributed by atoms with van der Waals surface area (Å²) in [4.78, 5) is 17.1. The zero-order chi connectivity index (χ0) is 22.0. The fourth-order valence-corrected chi connectivity index (χ4v) is 5.59. The van der Waals surface area contributed by atoms with Gasteiger partial charge in [0.1, 0.15) is 16.3 Å². The lowest BCUT2D eigenvalue weighted by Gasteiger charge is -2.26. The number of ether oxygens (including phenoxy) is 1. The number of pyridine rings is 1. The van der Waals surface area contributed by atoms with Gasteiger partial charge in [0.05, 0.1) is 17.6 Å². The lowest BCUT2D eigenvalue weighted by molar-refractivity contribution is 0.102. The summed E-state index contributed by atoms with van der Waals surface area (Å²) >= 11 is 6.20. The summed E-state index contributed by atoms with van der Waals surface area (Å²) in [7, 11) is -2.14. The summed E-state index contributed by atoms with van der Waals surface area (Å²) in [5, 5.41) is 3.69. The number of fused-ring (bicyclic) bond motifs is 1. The summed E-state index contributed by atoms with van der Waals surface area (Å²) in [6.45, 7) is 0.947. The second-order valence-electron chi connectivity index (χ2n) is 7.32.